The van der Waals surface area contributed by atoms with Crippen molar-refractivity contribution in [3.05, 3.63) is 29.8 Å². The second kappa shape index (κ2) is 8.60. The van der Waals surface area contributed by atoms with E-state index >= 15 is 0 Å². The van der Waals surface area contributed by atoms with Crippen molar-refractivity contribution in [3.8, 4) is 0 Å². The molecule has 1 aromatic carbocycles. The Hall–Kier alpha value is -1.44. The SMILES string of the molecule is CN(C)CCCNC(=O)c1cccc(S(=O)(=O)N2CCCCC2)c1. The van der Waals surface area contributed by atoms with Crippen LogP contribution in [0, 0.1) is 0 Å². The van der Waals surface area contributed by atoms with Gasteiger partial charge >= 0.3 is 0 Å². The Labute approximate surface area is 144 Å². The largest absolute Gasteiger partial charge is 0.352 e. The van der Waals surface area contributed by atoms with E-state index in [2.05, 4.69) is 10.2 Å². The summed E-state index contributed by atoms with van der Waals surface area (Å²) >= 11 is 0. The minimum Gasteiger partial charge on any atom is -0.352 e. The van der Waals surface area contributed by atoms with Crippen LogP contribution in [0.3, 0.4) is 0 Å². The molecule has 1 amide bonds. The van der Waals surface area contributed by atoms with Gasteiger partial charge in [0, 0.05) is 25.2 Å². The van der Waals surface area contributed by atoms with Crippen LogP contribution < -0.4 is 5.32 Å². The summed E-state index contributed by atoms with van der Waals surface area (Å²) in [4.78, 5) is 14.5. The van der Waals surface area contributed by atoms with Gasteiger partial charge in [0.25, 0.3) is 5.91 Å². The zero-order valence-electron chi connectivity index (χ0n) is 14.5. The second-order valence-electron chi connectivity index (χ2n) is 6.41. The molecule has 0 aromatic heterocycles. The Morgan fingerprint density at radius 3 is 2.58 bits per heavy atom. The minimum absolute atomic E-state index is 0.199. The van der Waals surface area contributed by atoms with Crippen LogP contribution >= 0.6 is 0 Å². The van der Waals surface area contributed by atoms with Gasteiger partial charge in [-0.2, -0.15) is 4.31 Å². The molecule has 1 heterocycles. The average molecular weight is 353 g/mol. The normalized spacial score (nSPS) is 16.3. The number of nitrogens with one attached hydrogen (secondary N) is 1. The monoisotopic (exact) mass is 353 g/mol. The third-order valence-electron chi connectivity index (χ3n) is 4.12. The Bertz CT molecular complexity index is 653. The highest BCUT2D eigenvalue weighted by Crippen LogP contribution is 2.21. The first-order chi connectivity index (χ1) is 11.4. The molecule has 0 spiro atoms. The van der Waals surface area contributed by atoms with E-state index in [1.807, 2.05) is 14.1 Å². The zero-order valence-corrected chi connectivity index (χ0v) is 15.3. The molecule has 24 heavy (non-hydrogen) atoms. The van der Waals surface area contributed by atoms with Gasteiger partial charge in [-0.25, -0.2) is 8.42 Å². The number of amides is 1. The number of carbonyl (C=O) groups is 1. The maximum absolute atomic E-state index is 12.7. The van der Waals surface area contributed by atoms with Gasteiger partial charge in [-0.05, 0) is 58.1 Å². The van der Waals surface area contributed by atoms with Gasteiger partial charge in [-0.3, -0.25) is 4.79 Å². The van der Waals surface area contributed by atoms with E-state index in [0.717, 1.165) is 32.2 Å². The number of nitrogens with zero attached hydrogens (tertiary/aromatic N) is 2. The molecule has 0 bridgehead atoms. The molecule has 0 saturated carbocycles. The molecule has 0 unspecified atom stereocenters. The Kier molecular flexibility index (Phi) is 6.77. The van der Waals surface area contributed by atoms with Gasteiger partial charge in [0.2, 0.25) is 10.0 Å². The van der Waals surface area contributed by atoms with Crippen molar-refractivity contribution >= 4 is 15.9 Å². The number of carbonyl (C=O) groups excluding carboxylic acids is 1. The molecule has 0 radical (unpaired) electrons. The summed E-state index contributed by atoms with van der Waals surface area (Å²) in [6, 6.07) is 6.32. The first-order valence-electron chi connectivity index (χ1n) is 8.44. The minimum atomic E-state index is -3.51. The van der Waals surface area contributed by atoms with E-state index in [9.17, 15) is 13.2 Å². The fraction of sp³-hybridized carbons (Fsp3) is 0.588. The lowest BCUT2D eigenvalue weighted by atomic mass is 10.2. The maximum Gasteiger partial charge on any atom is 0.251 e. The highest BCUT2D eigenvalue weighted by atomic mass is 32.2. The van der Waals surface area contributed by atoms with Crippen LogP contribution in [0.15, 0.2) is 29.2 Å². The highest BCUT2D eigenvalue weighted by Gasteiger charge is 2.26. The molecule has 7 heteroatoms. The molecular weight excluding hydrogens is 326 g/mol. The lowest BCUT2D eigenvalue weighted by Gasteiger charge is -2.26. The quantitative estimate of drug-likeness (QED) is 0.755. The van der Waals surface area contributed by atoms with Gasteiger partial charge in [0.15, 0.2) is 0 Å². The summed E-state index contributed by atoms with van der Waals surface area (Å²) < 4.78 is 26.9. The third kappa shape index (κ3) is 5.03. The van der Waals surface area contributed by atoms with Crippen molar-refractivity contribution in [3.63, 3.8) is 0 Å². The molecule has 1 N–H and O–H groups in total. The standard InChI is InChI=1S/C17H27N3O3S/c1-19(2)11-7-10-18-17(21)15-8-6-9-16(14-15)24(22,23)20-12-4-3-5-13-20/h6,8-9,14H,3-5,7,10-13H2,1-2H3,(H,18,21). The number of piperidine rings is 1. The van der Waals surface area contributed by atoms with Gasteiger partial charge < -0.3 is 10.2 Å². The average Bonchev–Trinajstić information content (AvgIpc) is 2.59. The predicted octanol–water partition coefficient (Wildman–Crippen LogP) is 1.54. The van der Waals surface area contributed by atoms with Crippen LogP contribution in [0.1, 0.15) is 36.0 Å². The van der Waals surface area contributed by atoms with Crippen molar-refractivity contribution in [2.24, 2.45) is 0 Å². The van der Waals surface area contributed by atoms with Crippen LogP contribution in [0.4, 0.5) is 0 Å². The predicted molar refractivity (Wildman–Crippen MR) is 94.6 cm³/mol. The topological polar surface area (TPSA) is 69.7 Å². The van der Waals surface area contributed by atoms with E-state index in [4.69, 9.17) is 0 Å². The number of hydrogen-bond acceptors (Lipinski definition) is 4. The van der Waals surface area contributed by atoms with Crippen LogP contribution in [-0.2, 0) is 10.0 Å². The van der Waals surface area contributed by atoms with Gasteiger partial charge in [-0.1, -0.05) is 12.5 Å². The summed E-state index contributed by atoms with van der Waals surface area (Å²) in [5.41, 5.74) is 0.387. The number of benzene rings is 1. The van der Waals surface area contributed by atoms with E-state index < -0.39 is 10.0 Å². The fourth-order valence-electron chi connectivity index (χ4n) is 2.75. The van der Waals surface area contributed by atoms with Crippen molar-refractivity contribution in [1.29, 1.82) is 0 Å². The molecule has 2 rings (SSSR count). The first-order valence-corrected chi connectivity index (χ1v) is 9.88. The van der Waals surface area contributed by atoms with Crippen LogP contribution in [0.25, 0.3) is 0 Å². The van der Waals surface area contributed by atoms with Crippen molar-refractivity contribution in [2.75, 3.05) is 40.3 Å². The number of sulfonamides is 1. The molecule has 1 saturated heterocycles. The molecule has 1 fully saturated rings. The summed E-state index contributed by atoms with van der Waals surface area (Å²) in [6.45, 7) is 2.58. The number of hydrogen-bond donors (Lipinski definition) is 1. The van der Waals surface area contributed by atoms with E-state index in [-0.39, 0.29) is 10.8 Å². The molecule has 0 atom stereocenters. The zero-order chi connectivity index (χ0) is 17.6. The van der Waals surface area contributed by atoms with Crippen LogP contribution in [0.2, 0.25) is 0 Å². The van der Waals surface area contributed by atoms with Gasteiger partial charge in [-0.15, -0.1) is 0 Å². The molecule has 134 valence electrons. The lowest BCUT2D eigenvalue weighted by Crippen LogP contribution is -2.35. The summed E-state index contributed by atoms with van der Waals surface area (Å²) in [7, 11) is 0.458. The maximum atomic E-state index is 12.7. The summed E-state index contributed by atoms with van der Waals surface area (Å²) in [5.74, 6) is -0.232. The molecule has 1 aliphatic heterocycles. The van der Waals surface area contributed by atoms with Gasteiger partial charge in [0.05, 0.1) is 4.90 Å². The van der Waals surface area contributed by atoms with Crippen LogP contribution in [-0.4, -0.2) is 63.8 Å². The van der Waals surface area contributed by atoms with Crippen molar-refractivity contribution in [1.82, 2.24) is 14.5 Å². The fourth-order valence-corrected chi connectivity index (χ4v) is 4.31. The van der Waals surface area contributed by atoms with Crippen molar-refractivity contribution in [2.45, 2.75) is 30.6 Å². The first kappa shape index (κ1) is 18.9. The molecule has 1 aromatic rings. The van der Waals surface area contributed by atoms with E-state index in [1.165, 1.54) is 10.4 Å². The second-order valence-corrected chi connectivity index (χ2v) is 8.34. The Morgan fingerprint density at radius 2 is 1.92 bits per heavy atom. The Balaban J connectivity index is 2.03. The van der Waals surface area contributed by atoms with Gasteiger partial charge in [0.1, 0.15) is 0 Å². The number of rotatable bonds is 7. The van der Waals surface area contributed by atoms with E-state index in [0.29, 0.717) is 25.2 Å². The summed E-state index contributed by atoms with van der Waals surface area (Å²) in [6.07, 6.45) is 3.71. The molecule has 0 aliphatic carbocycles. The molecule has 1 aliphatic rings. The Morgan fingerprint density at radius 1 is 1.21 bits per heavy atom. The van der Waals surface area contributed by atoms with E-state index in [1.54, 1.807) is 18.2 Å². The molecule has 6 nitrogen and oxygen atoms in total. The smallest absolute Gasteiger partial charge is 0.251 e. The molecular formula is C17H27N3O3S. The highest BCUT2D eigenvalue weighted by molar-refractivity contribution is 7.89. The van der Waals surface area contributed by atoms with Crippen LogP contribution in [0.5, 0.6) is 0 Å². The third-order valence-corrected chi connectivity index (χ3v) is 6.01. The lowest BCUT2D eigenvalue weighted by molar-refractivity contribution is 0.0952. The summed E-state index contributed by atoms with van der Waals surface area (Å²) in [5, 5.41) is 2.84. The van der Waals surface area contributed by atoms with Crippen molar-refractivity contribution < 1.29 is 13.2 Å².